The largest absolute Gasteiger partial charge is 0.399 e. The summed E-state index contributed by atoms with van der Waals surface area (Å²) in [4.78, 5) is 9.39. The van der Waals surface area contributed by atoms with Gasteiger partial charge >= 0.3 is 6.18 Å². The molecule has 82 valence electrons. The van der Waals surface area contributed by atoms with Crippen molar-refractivity contribution >= 4 is 22.2 Å². The zero-order valence-corrected chi connectivity index (χ0v) is 9.12. The lowest BCUT2D eigenvalue weighted by Gasteiger charge is -2.20. The third kappa shape index (κ3) is 3.06. The molecule has 0 fully saturated rings. The fourth-order valence-electron chi connectivity index (χ4n) is 1.16. The molecule has 0 spiro atoms. The fraction of sp³-hybridized carbons (Fsp3) is 0.300. The normalized spacial score (nSPS) is 15.7. The van der Waals surface area contributed by atoms with Crippen molar-refractivity contribution in [1.29, 1.82) is 0 Å². The third-order valence-corrected chi connectivity index (χ3v) is 3.06. The first-order chi connectivity index (χ1) is 6.96. The molecule has 2 unspecified atom stereocenters. The minimum absolute atomic E-state index is 0.0770. The molecule has 1 aromatic rings. The highest BCUT2D eigenvalue weighted by molar-refractivity contribution is 9.09. The van der Waals surface area contributed by atoms with Crippen molar-refractivity contribution in [2.24, 2.45) is 5.92 Å². The molecular formula is C10H8BrF3O. The quantitative estimate of drug-likeness (QED) is 0.612. The van der Waals surface area contributed by atoms with E-state index in [1.54, 1.807) is 30.3 Å². The first-order valence-corrected chi connectivity index (χ1v) is 5.09. The van der Waals surface area contributed by atoms with Crippen molar-refractivity contribution in [2.45, 2.75) is 11.0 Å². The molecule has 0 saturated carbocycles. The average molecular weight is 281 g/mol. The zero-order chi connectivity index (χ0) is 11.5. The minimum atomic E-state index is -4.52. The lowest BCUT2D eigenvalue weighted by atomic mass is 10.0. The molecule has 15 heavy (non-hydrogen) atoms. The van der Waals surface area contributed by atoms with E-state index in [9.17, 15) is 18.0 Å². The summed E-state index contributed by atoms with van der Waals surface area (Å²) in [5.41, 5.74) is 0.437. The van der Waals surface area contributed by atoms with Gasteiger partial charge in [-0.15, -0.1) is 0 Å². The van der Waals surface area contributed by atoms with E-state index in [0.29, 0.717) is 5.56 Å². The van der Waals surface area contributed by atoms with Crippen LogP contribution in [0.2, 0.25) is 0 Å². The van der Waals surface area contributed by atoms with Crippen LogP contribution in [0.4, 0.5) is 13.2 Å². The van der Waals surface area contributed by atoms with Crippen molar-refractivity contribution in [3.05, 3.63) is 35.9 Å². The highest BCUT2D eigenvalue weighted by Gasteiger charge is 2.44. The number of rotatable bonds is 3. The molecule has 1 rings (SSSR count). The third-order valence-electron chi connectivity index (χ3n) is 1.96. The Morgan fingerprint density at radius 3 is 2.13 bits per heavy atom. The molecule has 0 radical (unpaired) electrons. The molecular weight excluding hydrogens is 273 g/mol. The van der Waals surface area contributed by atoms with Crippen LogP contribution < -0.4 is 0 Å². The second-order valence-electron chi connectivity index (χ2n) is 3.02. The van der Waals surface area contributed by atoms with Crippen LogP contribution in [0.1, 0.15) is 10.4 Å². The van der Waals surface area contributed by atoms with Crippen molar-refractivity contribution < 1.29 is 18.0 Å². The monoisotopic (exact) mass is 280 g/mol. The van der Waals surface area contributed by atoms with Crippen molar-refractivity contribution in [3.63, 3.8) is 0 Å². The number of halogens is 4. The number of carbonyl (C=O) groups excluding carboxylic acids is 1. The van der Waals surface area contributed by atoms with E-state index < -0.39 is 16.9 Å². The van der Waals surface area contributed by atoms with E-state index in [0.717, 1.165) is 0 Å². The molecule has 0 aromatic heterocycles. The van der Waals surface area contributed by atoms with Gasteiger partial charge in [-0.3, -0.25) is 0 Å². The SMILES string of the molecule is O=CC(C(Br)c1ccccc1)C(F)(F)F. The molecule has 1 nitrogen and oxygen atoms in total. The van der Waals surface area contributed by atoms with E-state index in [2.05, 4.69) is 15.9 Å². The van der Waals surface area contributed by atoms with E-state index in [1.165, 1.54) is 0 Å². The molecule has 0 aliphatic heterocycles. The van der Waals surface area contributed by atoms with Crippen LogP contribution in [0.3, 0.4) is 0 Å². The summed E-state index contributed by atoms with van der Waals surface area (Å²) >= 11 is 2.90. The topological polar surface area (TPSA) is 17.1 Å². The summed E-state index contributed by atoms with van der Waals surface area (Å²) in [7, 11) is 0. The van der Waals surface area contributed by atoms with Gasteiger partial charge in [0.25, 0.3) is 0 Å². The van der Waals surface area contributed by atoms with Gasteiger partial charge in [-0.05, 0) is 5.56 Å². The molecule has 2 atom stereocenters. The van der Waals surface area contributed by atoms with Gasteiger partial charge in [0.1, 0.15) is 12.2 Å². The van der Waals surface area contributed by atoms with Gasteiger partial charge in [-0.25, -0.2) is 0 Å². The predicted molar refractivity (Wildman–Crippen MR) is 53.7 cm³/mol. The van der Waals surface area contributed by atoms with Crippen molar-refractivity contribution in [3.8, 4) is 0 Å². The number of carbonyl (C=O) groups is 1. The summed E-state index contributed by atoms with van der Waals surface area (Å²) in [6.07, 6.45) is -4.60. The Morgan fingerprint density at radius 2 is 1.73 bits per heavy atom. The Bertz CT molecular complexity index is 323. The molecule has 0 amide bonds. The molecule has 0 N–H and O–H groups in total. The standard InChI is InChI=1S/C10H8BrF3O/c11-9(7-4-2-1-3-5-7)8(6-15)10(12,13)14/h1-6,8-9H. The fourth-order valence-corrected chi connectivity index (χ4v) is 1.89. The lowest BCUT2D eigenvalue weighted by Crippen LogP contribution is -2.27. The Kier molecular flexibility index (Phi) is 3.90. The summed E-state index contributed by atoms with van der Waals surface area (Å²) in [6.45, 7) is 0. The molecule has 0 saturated heterocycles. The number of benzene rings is 1. The van der Waals surface area contributed by atoms with Gasteiger partial charge < -0.3 is 4.79 Å². The van der Waals surface area contributed by atoms with Crippen LogP contribution in [0.15, 0.2) is 30.3 Å². The van der Waals surface area contributed by atoms with Crippen molar-refractivity contribution in [2.75, 3.05) is 0 Å². The molecule has 5 heteroatoms. The molecule has 0 bridgehead atoms. The average Bonchev–Trinajstić information content (AvgIpc) is 2.18. The predicted octanol–water partition coefficient (Wildman–Crippen LogP) is 3.50. The Morgan fingerprint density at radius 1 is 1.20 bits per heavy atom. The number of aldehydes is 1. The maximum absolute atomic E-state index is 12.4. The van der Waals surface area contributed by atoms with E-state index in [-0.39, 0.29) is 6.29 Å². The lowest BCUT2D eigenvalue weighted by molar-refractivity contribution is -0.174. The Balaban J connectivity index is 2.92. The minimum Gasteiger partial charge on any atom is -0.303 e. The van der Waals surface area contributed by atoms with Gasteiger partial charge in [0.05, 0.1) is 4.83 Å². The number of alkyl halides is 4. The first-order valence-electron chi connectivity index (χ1n) is 4.18. The Labute approximate surface area is 93.4 Å². The molecule has 0 heterocycles. The van der Waals surface area contributed by atoms with Crippen molar-refractivity contribution in [1.82, 2.24) is 0 Å². The molecule has 0 aliphatic carbocycles. The number of hydrogen-bond donors (Lipinski definition) is 0. The van der Waals surface area contributed by atoms with Gasteiger partial charge in [-0.2, -0.15) is 13.2 Å². The Hall–Kier alpha value is -0.840. The summed E-state index contributed by atoms with van der Waals surface area (Å²) in [6, 6.07) is 8.04. The van der Waals surface area contributed by atoms with Crippen LogP contribution >= 0.6 is 15.9 Å². The van der Waals surface area contributed by atoms with Gasteiger partial charge in [0.2, 0.25) is 0 Å². The highest BCUT2D eigenvalue weighted by atomic mass is 79.9. The zero-order valence-electron chi connectivity index (χ0n) is 7.54. The van der Waals surface area contributed by atoms with Crippen LogP contribution in [0, 0.1) is 5.92 Å². The van der Waals surface area contributed by atoms with Crippen LogP contribution in [-0.4, -0.2) is 12.5 Å². The summed E-state index contributed by atoms with van der Waals surface area (Å²) < 4.78 is 37.2. The maximum Gasteiger partial charge on any atom is 0.399 e. The second kappa shape index (κ2) is 4.79. The van der Waals surface area contributed by atoms with Crippen LogP contribution in [0.25, 0.3) is 0 Å². The van der Waals surface area contributed by atoms with Gasteiger partial charge in [0.15, 0.2) is 0 Å². The smallest absolute Gasteiger partial charge is 0.303 e. The summed E-state index contributed by atoms with van der Waals surface area (Å²) in [5, 5.41) is 0. The van der Waals surface area contributed by atoms with Gasteiger partial charge in [0, 0.05) is 0 Å². The first kappa shape index (κ1) is 12.2. The summed E-state index contributed by atoms with van der Waals surface area (Å²) in [5.74, 6) is -2.01. The second-order valence-corrected chi connectivity index (χ2v) is 4.00. The molecule has 0 aliphatic rings. The van der Waals surface area contributed by atoms with E-state index in [4.69, 9.17) is 0 Å². The van der Waals surface area contributed by atoms with Gasteiger partial charge in [-0.1, -0.05) is 46.3 Å². The number of hydrogen-bond acceptors (Lipinski definition) is 1. The van der Waals surface area contributed by atoms with E-state index in [1.807, 2.05) is 0 Å². The molecule has 1 aromatic carbocycles. The van der Waals surface area contributed by atoms with E-state index >= 15 is 0 Å². The highest BCUT2D eigenvalue weighted by Crippen LogP contribution is 2.39. The van der Waals surface area contributed by atoms with Crippen LogP contribution in [-0.2, 0) is 4.79 Å². The maximum atomic E-state index is 12.4. The van der Waals surface area contributed by atoms with Crippen LogP contribution in [0.5, 0.6) is 0 Å².